The number of aromatic amines is 1. The van der Waals surface area contributed by atoms with Gasteiger partial charge < -0.3 is 15.2 Å². The third-order valence-corrected chi connectivity index (χ3v) is 2.92. The summed E-state index contributed by atoms with van der Waals surface area (Å²) in [4.78, 5) is 11.8. The van der Waals surface area contributed by atoms with Gasteiger partial charge in [0.15, 0.2) is 0 Å². The van der Waals surface area contributed by atoms with Gasteiger partial charge in [0.2, 0.25) is 0 Å². The summed E-state index contributed by atoms with van der Waals surface area (Å²) in [6, 6.07) is 7.41. The molecule has 0 saturated carbocycles. The number of hydrogen-bond acceptors (Lipinski definition) is 4. The zero-order valence-electron chi connectivity index (χ0n) is 12.0. The van der Waals surface area contributed by atoms with E-state index in [-0.39, 0.29) is 30.6 Å². The Hall–Kier alpha value is -2.41. The number of nitrogens with one attached hydrogen (secondary N) is 2. The molecule has 6 nitrogen and oxygen atoms in total. The summed E-state index contributed by atoms with van der Waals surface area (Å²) >= 11 is 0. The molecule has 7 heteroatoms. The molecule has 22 heavy (non-hydrogen) atoms. The number of H-pyrrole nitrogens is 1. The van der Waals surface area contributed by atoms with Crippen molar-refractivity contribution in [2.75, 3.05) is 13.2 Å². The molecule has 0 bridgehead atoms. The smallest absolute Gasteiger partial charge is 0.271 e. The number of hydrogen-bond donors (Lipinski definition) is 3. The van der Waals surface area contributed by atoms with E-state index in [1.807, 2.05) is 0 Å². The Morgan fingerprint density at radius 1 is 1.36 bits per heavy atom. The third-order valence-electron chi connectivity index (χ3n) is 2.92. The van der Waals surface area contributed by atoms with Gasteiger partial charge in [-0.25, -0.2) is 4.39 Å². The van der Waals surface area contributed by atoms with E-state index in [0.717, 1.165) is 0 Å². The van der Waals surface area contributed by atoms with Gasteiger partial charge in [0.25, 0.3) is 5.91 Å². The molecule has 0 aliphatic carbocycles. The molecule has 0 aliphatic rings. The van der Waals surface area contributed by atoms with E-state index in [9.17, 15) is 9.18 Å². The fraction of sp³-hybridized carbons (Fsp3) is 0.333. The van der Waals surface area contributed by atoms with Gasteiger partial charge in [-0.1, -0.05) is 6.07 Å². The van der Waals surface area contributed by atoms with Crippen LogP contribution >= 0.6 is 0 Å². The average molecular weight is 307 g/mol. The van der Waals surface area contributed by atoms with Gasteiger partial charge >= 0.3 is 0 Å². The van der Waals surface area contributed by atoms with Crippen LogP contribution in [0.3, 0.4) is 0 Å². The lowest BCUT2D eigenvalue weighted by atomic mass is 10.3. The highest BCUT2D eigenvalue weighted by molar-refractivity contribution is 5.92. The van der Waals surface area contributed by atoms with Crippen LogP contribution in [-0.4, -0.2) is 34.4 Å². The Kier molecular flexibility index (Phi) is 5.91. The molecule has 118 valence electrons. The molecule has 0 atom stereocenters. The highest BCUT2D eigenvalue weighted by Gasteiger charge is 2.10. The molecule has 2 aromatic rings. The minimum atomic E-state index is -0.370. The SMILES string of the molecule is O=C(NCCCCO)c1cc(COc2cccc(F)c2)[nH]n1. The highest BCUT2D eigenvalue weighted by atomic mass is 19.1. The van der Waals surface area contributed by atoms with Crippen LogP contribution in [0, 0.1) is 5.82 Å². The Balaban J connectivity index is 1.82. The van der Waals surface area contributed by atoms with Crippen LogP contribution in [0.25, 0.3) is 0 Å². The van der Waals surface area contributed by atoms with Crippen LogP contribution in [-0.2, 0) is 6.61 Å². The minimum Gasteiger partial charge on any atom is -0.487 e. The van der Waals surface area contributed by atoms with Crippen molar-refractivity contribution in [2.24, 2.45) is 0 Å². The molecule has 0 radical (unpaired) electrons. The van der Waals surface area contributed by atoms with E-state index in [1.54, 1.807) is 18.2 Å². The topological polar surface area (TPSA) is 87.2 Å². The molecule has 0 spiro atoms. The number of halogens is 1. The largest absolute Gasteiger partial charge is 0.487 e. The van der Waals surface area contributed by atoms with Crippen LogP contribution in [0.4, 0.5) is 4.39 Å². The fourth-order valence-corrected chi connectivity index (χ4v) is 1.80. The fourth-order valence-electron chi connectivity index (χ4n) is 1.80. The Bertz CT molecular complexity index is 616. The monoisotopic (exact) mass is 307 g/mol. The lowest BCUT2D eigenvalue weighted by Gasteiger charge is -2.03. The maximum atomic E-state index is 13.0. The molecule has 0 saturated heterocycles. The number of rotatable bonds is 8. The first-order valence-electron chi connectivity index (χ1n) is 7.01. The molecule has 0 aliphatic heterocycles. The number of nitrogens with zero attached hydrogens (tertiary/aromatic N) is 1. The van der Waals surface area contributed by atoms with E-state index < -0.39 is 0 Å². The van der Waals surface area contributed by atoms with Gasteiger partial charge in [-0.3, -0.25) is 9.89 Å². The van der Waals surface area contributed by atoms with Crippen LogP contribution in [0.15, 0.2) is 30.3 Å². The summed E-state index contributed by atoms with van der Waals surface area (Å²) in [7, 11) is 0. The Morgan fingerprint density at radius 3 is 3.00 bits per heavy atom. The molecule has 3 N–H and O–H groups in total. The van der Waals surface area contributed by atoms with Crippen LogP contribution < -0.4 is 10.1 Å². The van der Waals surface area contributed by atoms with Crippen molar-refractivity contribution in [3.63, 3.8) is 0 Å². The molecule has 2 rings (SSSR count). The Morgan fingerprint density at radius 2 is 2.23 bits per heavy atom. The van der Waals surface area contributed by atoms with Gasteiger partial charge in [0.1, 0.15) is 23.9 Å². The van der Waals surface area contributed by atoms with Crippen molar-refractivity contribution in [2.45, 2.75) is 19.4 Å². The van der Waals surface area contributed by atoms with Crippen LogP contribution in [0.1, 0.15) is 29.0 Å². The summed E-state index contributed by atoms with van der Waals surface area (Å²) in [5, 5.41) is 18.0. The Labute approximate surface area is 127 Å². The number of aliphatic hydroxyl groups excluding tert-OH is 1. The number of ether oxygens (including phenoxy) is 1. The molecule has 0 unspecified atom stereocenters. The van der Waals surface area contributed by atoms with Crippen molar-refractivity contribution < 1.29 is 19.0 Å². The summed E-state index contributed by atoms with van der Waals surface area (Å²) < 4.78 is 18.4. The number of amides is 1. The van der Waals surface area contributed by atoms with Gasteiger partial charge in [0.05, 0.1) is 5.69 Å². The molecule has 1 heterocycles. The van der Waals surface area contributed by atoms with Crippen molar-refractivity contribution in [3.05, 3.63) is 47.5 Å². The second kappa shape index (κ2) is 8.14. The summed E-state index contributed by atoms with van der Waals surface area (Å²) in [6.07, 6.45) is 1.36. The number of carbonyl (C=O) groups is 1. The normalized spacial score (nSPS) is 10.5. The lowest BCUT2D eigenvalue weighted by Crippen LogP contribution is -2.24. The number of aromatic nitrogens is 2. The van der Waals surface area contributed by atoms with E-state index in [2.05, 4.69) is 15.5 Å². The molecule has 1 aromatic heterocycles. The molecular weight excluding hydrogens is 289 g/mol. The van der Waals surface area contributed by atoms with E-state index in [4.69, 9.17) is 9.84 Å². The molecular formula is C15H18FN3O3. The zero-order chi connectivity index (χ0) is 15.8. The minimum absolute atomic E-state index is 0.111. The van der Waals surface area contributed by atoms with Crippen molar-refractivity contribution in [1.29, 1.82) is 0 Å². The predicted molar refractivity (Wildman–Crippen MR) is 78.0 cm³/mol. The quantitative estimate of drug-likeness (QED) is 0.647. The number of unbranched alkanes of at least 4 members (excludes halogenated alkanes) is 1. The maximum Gasteiger partial charge on any atom is 0.271 e. The third kappa shape index (κ3) is 4.85. The summed E-state index contributed by atoms with van der Waals surface area (Å²) in [5.41, 5.74) is 0.881. The van der Waals surface area contributed by atoms with Crippen molar-refractivity contribution in [3.8, 4) is 5.75 Å². The van der Waals surface area contributed by atoms with Gasteiger partial charge in [-0.05, 0) is 31.0 Å². The standard InChI is InChI=1S/C15H18FN3O3/c16-11-4-3-5-13(8-11)22-10-12-9-14(19-18-12)15(21)17-6-1-2-7-20/h3-5,8-9,20H,1-2,6-7,10H2,(H,17,21)(H,18,19). The van der Waals surface area contributed by atoms with E-state index >= 15 is 0 Å². The second-order valence-electron chi connectivity index (χ2n) is 4.71. The van der Waals surface area contributed by atoms with Gasteiger partial charge in [0, 0.05) is 19.2 Å². The average Bonchev–Trinajstić information content (AvgIpc) is 2.98. The van der Waals surface area contributed by atoms with Crippen molar-refractivity contribution >= 4 is 5.91 Å². The van der Waals surface area contributed by atoms with E-state index in [0.29, 0.717) is 30.8 Å². The van der Waals surface area contributed by atoms with Crippen molar-refractivity contribution in [1.82, 2.24) is 15.5 Å². The molecule has 1 amide bonds. The zero-order valence-corrected chi connectivity index (χ0v) is 12.0. The maximum absolute atomic E-state index is 13.0. The van der Waals surface area contributed by atoms with Crippen LogP contribution in [0.2, 0.25) is 0 Å². The number of benzene rings is 1. The predicted octanol–water partition coefficient (Wildman–Crippen LogP) is 1.63. The van der Waals surface area contributed by atoms with Gasteiger partial charge in [-0.15, -0.1) is 0 Å². The first kappa shape index (κ1) is 16.0. The van der Waals surface area contributed by atoms with E-state index in [1.165, 1.54) is 12.1 Å². The van der Waals surface area contributed by atoms with Crippen LogP contribution in [0.5, 0.6) is 5.75 Å². The lowest BCUT2D eigenvalue weighted by molar-refractivity contribution is 0.0947. The molecule has 1 aromatic carbocycles. The number of carbonyl (C=O) groups excluding carboxylic acids is 1. The number of aliphatic hydroxyl groups is 1. The molecule has 0 fully saturated rings. The second-order valence-corrected chi connectivity index (χ2v) is 4.71. The highest BCUT2D eigenvalue weighted by Crippen LogP contribution is 2.13. The van der Waals surface area contributed by atoms with Gasteiger partial charge in [-0.2, -0.15) is 5.10 Å². The first-order chi connectivity index (χ1) is 10.7. The summed E-state index contributed by atoms with van der Waals surface area (Å²) in [6.45, 7) is 0.759. The summed E-state index contributed by atoms with van der Waals surface area (Å²) in [5.74, 6) is -0.249. The first-order valence-corrected chi connectivity index (χ1v) is 7.01.